The van der Waals surface area contributed by atoms with Crippen LogP contribution in [-0.2, 0) is 19.0 Å². The van der Waals surface area contributed by atoms with Crippen molar-refractivity contribution >= 4 is 12.1 Å². The van der Waals surface area contributed by atoms with Crippen LogP contribution in [0.4, 0.5) is 4.79 Å². The minimum atomic E-state index is -0.522. The van der Waals surface area contributed by atoms with E-state index in [1.807, 2.05) is 0 Å². The average Bonchev–Trinajstić information content (AvgIpc) is 2.26. The number of carbonyl (C=O) groups is 2. The minimum Gasteiger partial charge on any atom is -0.467 e. The summed E-state index contributed by atoms with van der Waals surface area (Å²) in [4.78, 5) is 22.7. The maximum absolute atomic E-state index is 11.5. The van der Waals surface area contributed by atoms with Crippen LogP contribution in [0.1, 0.15) is 33.6 Å². The fourth-order valence-electron chi connectivity index (χ4n) is 1.66. The summed E-state index contributed by atoms with van der Waals surface area (Å²) >= 11 is 0. The summed E-state index contributed by atoms with van der Waals surface area (Å²) in [6, 6.07) is -0.124. The molecule has 0 aliphatic carbocycles. The molecule has 1 heterocycles. The fourth-order valence-corrected chi connectivity index (χ4v) is 1.66. The van der Waals surface area contributed by atoms with Gasteiger partial charge in [0.05, 0.1) is 19.8 Å². The molecule has 1 aliphatic heterocycles. The van der Waals surface area contributed by atoms with Gasteiger partial charge in [0.2, 0.25) is 0 Å². The van der Waals surface area contributed by atoms with E-state index in [1.165, 1.54) is 7.11 Å². The van der Waals surface area contributed by atoms with E-state index < -0.39 is 17.8 Å². The predicted molar refractivity (Wildman–Crippen MR) is 64.1 cm³/mol. The Labute approximate surface area is 107 Å². The lowest BCUT2D eigenvalue weighted by Gasteiger charge is -2.29. The Morgan fingerprint density at radius 1 is 1.28 bits per heavy atom. The van der Waals surface area contributed by atoms with E-state index in [1.54, 1.807) is 20.8 Å². The average molecular weight is 259 g/mol. The van der Waals surface area contributed by atoms with Gasteiger partial charge in [0.15, 0.2) is 6.10 Å². The summed E-state index contributed by atoms with van der Waals surface area (Å²) < 4.78 is 15.1. The van der Waals surface area contributed by atoms with Gasteiger partial charge >= 0.3 is 12.1 Å². The number of hydrogen-bond acceptors (Lipinski definition) is 5. The van der Waals surface area contributed by atoms with Gasteiger partial charge in [0.25, 0.3) is 0 Å². The quantitative estimate of drug-likeness (QED) is 0.755. The second kappa shape index (κ2) is 6.04. The predicted octanol–water partition coefficient (Wildman–Crippen LogP) is 1.23. The second-order valence-corrected chi connectivity index (χ2v) is 5.27. The van der Waals surface area contributed by atoms with E-state index in [9.17, 15) is 9.59 Å². The van der Waals surface area contributed by atoms with Gasteiger partial charge in [0.1, 0.15) is 5.60 Å². The SMILES string of the molecule is COC(=O)[C@@H]1CC[C@H](NC(=O)OC(C)(C)C)CO1. The lowest BCUT2D eigenvalue weighted by atomic mass is 10.1. The molecule has 1 aliphatic rings. The minimum absolute atomic E-state index is 0.124. The Kier molecular flexibility index (Phi) is 4.95. The Bertz CT molecular complexity index is 302. The number of nitrogens with one attached hydrogen (secondary N) is 1. The van der Waals surface area contributed by atoms with Gasteiger partial charge in [-0.25, -0.2) is 9.59 Å². The molecule has 0 aromatic heterocycles. The smallest absolute Gasteiger partial charge is 0.407 e. The highest BCUT2D eigenvalue weighted by Crippen LogP contribution is 2.15. The molecule has 104 valence electrons. The lowest BCUT2D eigenvalue weighted by molar-refractivity contribution is -0.157. The van der Waals surface area contributed by atoms with Crippen molar-refractivity contribution in [3.8, 4) is 0 Å². The molecule has 0 aromatic rings. The third-order valence-electron chi connectivity index (χ3n) is 2.46. The van der Waals surface area contributed by atoms with E-state index in [0.717, 1.165) is 0 Å². The summed E-state index contributed by atoms with van der Waals surface area (Å²) in [6.45, 7) is 5.70. The molecule has 0 saturated carbocycles. The largest absolute Gasteiger partial charge is 0.467 e. The van der Waals surface area contributed by atoms with Gasteiger partial charge in [-0.15, -0.1) is 0 Å². The monoisotopic (exact) mass is 259 g/mol. The van der Waals surface area contributed by atoms with E-state index in [-0.39, 0.29) is 12.0 Å². The van der Waals surface area contributed by atoms with Crippen LogP contribution in [0.3, 0.4) is 0 Å². The van der Waals surface area contributed by atoms with Crippen LogP contribution in [0.15, 0.2) is 0 Å². The van der Waals surface area contributed by atoms with E-state index in [2.05, 4.69) is 10.1 Å². The van der Waals surface area contributed by atoms with Crippen LogP contribution in [0.5, 0.6) is 0 Å². The fraction of sp³-hybridized carbons (Fsp3) is 0.833. The zero-order valence-corrected chi connectivity index (χ0v) is 11.3. The van der Waals surface area contributed by atoms with Crippen molar-refractivity contribution in [1.29, 1.82) is 0 Å². The molecule has 1 amide bonds. The topological polar surface area (TPSA) is 73.9 Å². The number of ether oxygens (including phenoxy) is 3. The molecule has 0 radical (unpaired) electrons. The van der Waals surface area contributed by atoms with Gasteiger partial charge in [-0.1, -0.05) is 0 Å². The van der Waals surface area contributed by atoms with E-state index in [0.29, 0.717) is 19.4 Å². The number of hydrogen-bond donors (Lipinski definition) is 1. The first-order chi connectivity index (χ1) is 8.31. The Morgan fingerprint density at radius 2 is 1.94 bits per heavy atom. The van der Waals surface area contributed by atoms with E-state index in [4.69, 9.17) is 9.47 Å². The van der Waals surface area contributed by atoms with Gasteiger partial charge in [-0.05, 0) is 33.6 Å². The van der Waals surface area contributed by atoms with Crippen molar-refractivity contribution in [2.45, 2.75) is 51.4 Å². The van der Waals surface area contributed by atoms with Gasteiger partial charge in [-0.2, -0.15) is 0 Å². The molecule has 1 N–H and O–H groups in total. The molecule has 1 rings (SSSR count). The van der Waals surface area contributed by atoms with Crippen LogP contribution in [0, 0.1) is 0 Å². The number of carbonyl (C=O) groups excluding carboxylic acids is 2. The molecule has 0 aromatic carbocycles. The summed E-state index contributed by atoms with van der Waals surface area (Å²) in [5, 5.41) is 2.71. The molecule has 6 nitrogen and oxygen atoms in total. The van der Waals surface area contributed by atoms with Crippen molar-refractivity contribution in [3.63, 3.8) is 0 Å². The van der Waals surface area contributed by atoms with Gasteiger partial charge in [0, 0.05) is 0 Å². The number of rotatable bonds is 2. The van der Waals surface area contributed by atoms with Crippen LogP contribution in [0.25, 0.3) is 0 Å². The Morgan fingerprint density at radius 3 is 2.39 bits per heavy atom. The second-order valence-electron chi connectivity index (χ2n) is 5.27. The molecule has 2 atom stereocenters. The van der Waals surface area contributed by atoms with E-state index >= 15 is 0 Å². The van der Waals surface area contributed by atoms with Crippen molar-refractivity contribution in [1.82, 2.24) is 5.32 Å². The number of amides is 1. The van der Waals surface area contributed by atoms with Crippen molar-refractivity contribution < 1.29 is 23.8 Å². The normalized spacial score (nSPS) is 24.2. The number of alkyl carbamates (subject to hydrolysis) is 1. The number of methoxy groups -OCH3 is 1. The van der Waals surface area contributed by atoms with Crippen molar-refractivity contribution in [2.75, 3.05) is 13.7 Å². The standard InChI is InChI=1S/C12H21NO5/c1-12(2,3)18-11(15)13-8-5-6-9(17-7-8)10(14)16-4/h8-9H,5-7H2,1-4H3,(H,13,15)/t8-,9-/m0/s1. The van der Waals surface area contributed by atoms with Gasteiger partial charge in [-0.3, -0.25) is 0 Å². The van der Waals surface area contributed by atoms with Crippen LogP contribution in [0.2, 0.25) is 0 Å². The molecule has 1 saturated heterocycles. The molecular formula is C12H21NO5. The third-order valence-corrected chi connectivity index (χ3v) is 2.46. The first-order valence-electron chi connectivity index (χ1n) is 6.01. The highest BCUT2D eigenvalue weighted by Gasteiger charge is 2.29. The maximum atomic E-state index is 11.5. The van der Waals surface area contributed by atoms with Gasteiger partial charge < -0.3 is 19.5 Å². The molecular weight excluding hydrogens is 238 g/mol. The molecule has 1 fully saturated rings. The molecule has 0 spiro atoms. The summed E-state index contributed by atoms with van der Waals surface area (Å²) in [7, 11) is 1.33. The first-order valence-corrected chi connectivity index (χ1v) is 6.01. The molecule has 18 heavy (non-hydrogen) atoms. The van der Waals surface area contributed by atoms with Crippen LogP contribution in [-0.4, -0.2) is 43.5 Å². The zero-order valence-electron chi connectivity index (χ0n) is 11.3. The Hall–Kier alpha value is -1.30. The Balaban J connectivity index is 2.31. The maximum Gasteiger partial charge on any atom is 0.407 e. The highest BCUT2D eigenvalue weighted by atomic mass is 16.6. The highest BCUT2D eigenvalue weighted by molar-refractivity contribution is 5.74. The van der Waals surface area contributed by atoms with Crippen LogP contribution >= 0.6 is 0 Å². The zero-order chi connectivity index (χ0) is 13.8. The van der Waals surface area contributed by atoms with Crippen molar-refractivity contribution in [2.24, 2.45) is 0 Å². The molecule has 0 unspecified atom stereocenters. The number of esters is 1. The lowest BCUT2D eigenvalue weighted by Crippen LogP contribution is -2.46. The summed E-state index contributed by atoms with van der Waals surface area (Å²) in [5.74, 6) is -0.370. The summed E-state index contributed by atoms with van der Waals surface area (Å²) in [5.41, 5.74) is -0.520. The van der Waals surface area contributed by atoms with Crippen molar-refractivity contribution in [3.05, 3.63) is 0 Å². The summed E-state index contributed by atoms with van der Waals surface area (Å²) in [6.07, 6.45) is 0.214. The first kappa shape index (κ1) is 14.8. The molecule has 6 heteroatoms. The third kappa shape index (κ3) is 4.91. The molecule has 0 bridgehead atoms. The van der Waals surface area contributed by atoms with Crippen LogP contribution < -0.4 is 5.32 Å².